The molecular formula is C21H32N4O. The molecule has 1 fully saturated rings. The Labute approximate surface area is 157 Å². The number of aromatic amines is 1. The van der Waals surface area contributed by atoms with Gasteiger partial charge in [-0.1, -0.05) is 18.2 Å². The molecule has 0 amide bonds. The highest BCUT2D eigenvalue weighted by molar-refractivity contribution is 5.33. The van der Waals surface area contributed by atoms with Gasteiger partial charge in [-0.3, -0.25) is 0 Å². The fourth-order valence-electron chi connectivity index (χ4n) is 3.89. The molecule has 5 heteroatoms. The van der Waals surface area contributed by atoms with E-state index in [1.807, 2.05) is 6.07 Å². The molecule has 0 unspecified atom stereocenters. The molecule has 0 radical (unpaired) electrons. The molecule has 142 valence electrons. The second kappa shape index (κ2) is 9.19. The van der Waals surface area contributed by atoms with Crippen molar-refractivity contribution in [2.24, 2.45) is 5.92 Å². The first-order chi connectivity index (χ1) is 12.7. The molecule has 2 heterocycles. The van der Waals surface area contributed by atoms with Gasteiger partial charge in [0.15, 0.2) is 0 Å². The summed E-state index contributed by atoms with van der Waals surface area (Å²) in [6.07, 6.45) is 5.43. The van der Waals surface area contributed by atoms with Crippen LogP contribution in [0.25, 0.3) is 0 Å². The molecule has 1 saturated heterocycles. The van der Waals surface area contributed by atoms with Gasteiger partial charge in [0, 0.05) is 25.3 Å². The Hall–Kier alpha value is -1.85. The maximum absolute atomic E-state index is 5.47. The number of rotatable bonds is 8. The maximum Gasteiger partial charge on any atom is 0.122 e. The number of para-hydroxylation sites is 1. The van der Waals surface area contributed by atoms with E-state index in [9.17, 15) is 0 Å². The molecule has 5 nitrogen and oxygen atoms in total. The van der Waals surface area contributed by atoms with Crippen LogP contribution in [0.5, 0.6) is 5.75 Å². The van der Waals surface area contributed by atoms with Gasteiger partial charge in [-0.15, -0.1) is 0 Å². The Morgan fingerprint density at radius 2 is 2.04 bits per heavy atom. The van der Waals surface area contributed by atoms with Crippen molar-refractivity contribution in [1.82, 2.24) is 19.8 Å². The zero-order valence-electron chi connectivity index (χ0n) is 16.4. The maximum atomic E-state index is 5.47. The van der Waals surface area contributed by atoms with Gasteiger partial charge in [0.2, 0.25) is 0 Å². The van der Waals surface area contributed by atoms with Crippen LogP contribution >= 0.6 is 0 Å². The Morgan fingerprint density at radius 1 is 1.27 bits per heavy atom. The summed E-state index contributed by atoms with van der Waals surface area (Å²) < 4.78 is 5.47. The number of hydrogen-bond donors (Lipinski definition) is 1. The second-order valence-corrected chi connectivity index (χ2v) is 7.52. The van der Waals surface area contributed by atoms with Crippen molar-refractivity contribution in [2.45, 2.75) is 32.7 Å². The molecule has 3 rings (SSSR count). The van der Waals surface area contributed by atoms with Gasteiger partial charge in [0.25, 0.3) is 0 Å². The van der Waals surface area contributed by atoms with Crippen LogP contribution in [0.1, 0.15) is 29.8 Å². The molecular weight excluding hydrogens is 324 g/mol. The van der Waals surface area contributed by atoms with E-state index in [4.69, 9.17) is 4.74 Å². The van der Waals surface area contributed by atoms with Gasteiger partial charge < -0.3 is 19.5 Å². The number of nitrogens with zero attached hydrogens (tertiary/aromatic N) is 3. The average Bonchev–Trinajstić information content (AvgIpc) is 3.06. The Balaban J connectivity index is 1.39. The predicted molar refractivity (Wildman–Crippen MR) is 106 cm³/mol. The molecule has 0 spiro atoms. The summed E-state index contributed by atoms with van der Waals surface area (Å²) in [6.45, 7) is 7.71. The normalized spacial score (nSPS) is 16.3. The van der Waals surface area contributed by atoms with Crippen LogP contribution in [-0.2, 0) is 13.0 Å². The van der Waals surface area contributed by atoms with Crippen LogP contribution in [0.4, 0.5) is 0 Å². The number of methoxy groups -OCH3 is 1. The summed E-state index contributed by atoms with van der Waals surface area (Å²) in [5.74, 6) is 1.81. The number of nitrogens with one attached hydrogen (secondary N) is 1. The van der Waals surface area contributed by atoms with Crippen LogP contribution in [0.2, 0.25) is 0 Å². The zero-order valence-corrected chi connectivity index (χ0v) is 16.4. The highest BCUT2D eigenvalue weighted by Gasteiger charge is 2.21. The van der Waals surface area contributed by atoms with Crippen LogP contribution < -0.4 is 4.74 Å². The van der Waals surface area contributed by atoms with Crippen molar-refractivity contribution in [3.63, 3.8) is 0 Å². The fourth-order valence-corrected chi connectivity index (χ4v) is 3.89. The standard InChI is InChI=1S/C21H32N4O/c1-17-20(23-16-22-17)15-24(2)14-18-8-11-25(12-9-18)13-10-19-6-4-5-7-21(19)26-3/h4-7,16,18H,8-15H2,1-3H3,(H,22,23). The number of benzene rings is 1. The van der Waals surface area contributed by atoms with Gasteiger partial charge in [0.1, 0.15) is 5.75 Å². The lowest BCUT2D eigenvalue weighted by Gasteiger charge is -2.34. The van der Waals surface area contributed by atoms with Gasteiger partial charge >= 0.3 is 0 Å². The number of hydrogen-bond acceptors (Lipinski definition) is 4. The minimum Gasteiger partial charge on any atom is -0.496 e. The average molecular weight is 357 g/mol. The van der Waals surface area contributed by atoms with Gasteiger partial charge in [-0.2, -0.15) is 0 Å². The predicted octanol–water partition coefficient (Wildman–Crippen LogP) is 3.11. The molecule has 1 aromatic carbocycles. The molecule has 1 N–H and O–H groups in total. The van der Waals surface area contributed by atoms with Crippen LogP contribution in [0.3, 0.4) is 0 Å². The number of aromatic nitrogens is 2. The SMILES string of the molecule is COc1ccccc1CCN1CCC(CN(C)Cc2nc[nH]c2C)CC1. The van der Waals surface area contributed by atoms with Crippen molar-refractivity contribution < 1.29 is 4.74 Å². The zero-order chi connectivity index (χ0) is 18.4. The molecule has 2 aromatic rings. The molecule has 0 saturated carbocycles. The summed E-state index contributed by atoms with van der Waals surface area (Å²) in [6, 6.07) is 8.37. The Bertz CT molecular complexity index is 676. The summed E-state index contributed by atoms with van der Waals surface area (Å²) >= 11 is 0. The third kappa shape index (κ3) is 5.08. The second-order valence-electron chi connectivity index (χ2n) is 7.52. The summed E-state index contributed by atoms with van der Waals surface area (Å²) in [7, 11) is 3.97. The lowest BCUT2D eigenvalue weighted by Crippen LogP contribution is -2.38. The number of aryl methyl sites for hydroxylation is 1. The van der Waals surface area contributed by atoms with E-state index >= 15 is 0 Å². The third-order valence-corrected chi connectivity index (χ3v) is 5.52. The van der Waals surface area contributed by atoms with Crippen molar-refractivity contribution in [2.75, 3.05) is 40.3 Å². The molecule has 1 aromatic heterocycles. The highest BCUT2D eigenvalue weighted by atomic mass is 16.5. The molecule has 0 bridgehead atoms. The molecule has 0 aliphatic carbocycles. The van der Waals surface area contributed by atoms with Crippen molar-refractivity contribution in [1.29, 1.82) is 0 Å². The first-order valence-electron chi connectivity index (χ1n) is 9.67. The fraction of sp³-hybridized carbons (Fsp3) is 0.571. The van der Waals surface area contributed by atoms with Crippen LogP contribution in [0.15, 0.2) is 30.6 Å². The lowest BCUT2D eigenvalue weighted by molar-refractivity contribution is 0.152. The number of piperidine rings is 1. The van der Waals surface area contributed by atoms with E-state index in [0.717, 1.165) is 37.7 Å². The lowest BCUT2D eigenvalue weighted by atomic mass is 9.96. The minimum absolute atomic E-state index is 0.793. The number of imidazole rings is 1. The van der Waals surface area contributed by atoms with Crippen LogP contribution in [-0.4, -0.2) is 60.1 Å². The first-order valence-corrected chi connectivity index (χ1v) is 9.67. The summed E-state index contributed by atoms with van der Waals surface area (Å²) in [5, 5.41) is 0. The monoisotopic (exact) mass is 356 g/mol. The molecule has 1 aliphatic heterocycles. The smallest absolute Gasteiger partial charge is 0.122 e. The van der Waals surface area contributed by atoms with Gasteiger partial charge in [-0.25, -0.2) is 4.98 Å². The number of likely N-dealkylation sites (tertiary alicyclic amines) is 1. The minimum atomic E-state index is 0.793. The Morgan fingerprint density at radius 3 is 2.73 bits per heavy atom. The summed E-state index contributed by atoms with van der Waals surface area (Å²) in [5.41, 5.74) is 3.66. The number of H-pyrrole nitrogens is 1. The van der Waals surface area contributed by atoms with E-state index in [0.29, 0.717) is 0 Å². The third-order valence-electron chi connectivity index (χ3n) is 5.52. The Kier molecular flexibility index (Phi) is 6.69. The molecule has 0 atom stereocenters. The quantitative estimate of drug-likeness (QED) is 0.789. The van der Waals surface area contributed by atoms with E-state index in [-0.39, 0.29) is 0 Å². The largest absolute Gasteiger partial charge is 0.496 e. The highest BCUT2D eigenvalue weighted by Crippen LogP contribution is 2.21. The van der Waals surface area contributed by atoms with E-state index in [1.165, 1.54) is 42.9 Å². The first kappa shape index (κ1) is 18.9. The van der Waals surface area contributed by atoms with E-state index in [2.05, 4.69) is 51.9 Å². The van der Waals surface area contributed by atoms with E-state index in [1.54, 1.807) is 13.4 Å². The molecule has 1 aliphatic rings. The summed E-state index contributed by atoms with van der Waals surface area (Å²) in [4.78, 5) is 12.6. The number of ether oxygens (including phenoxy) is 1. The topological polar surface area (TPSA) is 44.4 Å². The molecule has 26 heavy (non-hydrogen) atoms. The van der Waals surface area contributed by atoms with E-state index < -0.39 is 0 Å². The van der Waals surface area contributed by atoms with Crippen molar-refractivity contribution in [3.05, 3.63) is 47.5 Å². The van der Waals surface area contributed by atoms with Gasteiger partial charge in [0.05, 0.1) is 19.1 Å². The van der Waals surface area contributed by atoms with Crippen molar-refractivity contribution >= 4 is 0 Å². The van der Waals surface area contributed by atoms with Crippen molar-refractivity contribution in [3.8, 4) is 5.75 Å². The van der Waals surface area contributed by atoms with Crippen LogP contribution in [0, 0.1) is 12.8 Å². The van der Waals surface area contributed by atoms with Gasteiger partial charge in [-0.05, 0) is 63.9 Å².